The number of anilines is 1. The van der Waals surface area contributed by atoms with E-state index in [9.17, 15) is 5.26 Å². The molecule has 1 aliphatic heterocycles. The number of nitrogens with zero attached hydrogens (tertiary/aromatic N) is 2. The van der Waals surface area contributed by atoms with E-state index in [1.165, 1.54) is 32.1 Å². The Morgan fingerprint density at radius 2 is 1.71 bits per heavy atom. The molecule has 0 atom stereocenters. The number of hydrogen-bond donors (Lipinski definition) is 0. The zero-order valence-electron chi connectivity index (χ0n) is 9.95. The summed E-state index contributed by atoms with van der Waals surface area (Å²) in [5, 5.41) is 9.20. The third-order valence-corrected chi connectivity index (χ3v) is 3.77. The van der Waals surface area contributed by atoms with Gasteiger partial charge in [0, 0.05) is 17.6 Å². The summed E-state index contributed by atoms with van der Waals surface area (Å²) >= 11 is 3.42. The summed E-state index contributed by atoms with van der Waals surface area (Å²) in [6.45, 7) is 2.16. The molecule has 0 aliphatic carbocycles. The minimum Gasteiger partial charge on any atom is -0.370 e. The van der Waals surface area contributed by atoms with Gasteiger partial charge in [-0.1, -0.05) is 35.2 Å². The molecule has 1 aliphatic rings. The Labute approximate surface area is 111 Å². The highest BCUT2D eigenvalue weighted by Crippen LogP contribution is 2.26. The Hall–Kier alpha value is -1.01. The van der Waals surface area contributed by atoms with Gasteiger partial charge in [0.25, 0.3) is 0 Å². The van der Waals surface area contributed by atoms with E-state index in [1.807, 2.05) is 12.1 Å². The molecule has 2 nitrogen and oxygen atoms in total. The van der Waals surface area contributed by atoms with E-state index < -0.39 is 0 Å². The van der Waals surface area contributed by atoms with Gasteiger partial charge in [0.1, 0.15) is 6.07 Å². The molecule has 1 saturated heterocycles. The molecule has 0 N–H and O–H groups in total. The van der Waals surface area contributed by atoms with Crippen LogP contribution in [0, 0.1) is 11.3 Å². The van der Waals surface area contributed by atoms with E-state index in [4.69, 9.17) is 0 Å². The van der Waals surface area contributed by atoms with Crippen LogP contribution in [0.15, 0.2) is 22.7 Å². The second-order valence-corrected chi connectivity index (χ2v) is 5.44. The van der Waals surface area contributed by atoms with Gasteiger partial charge in [-0.25, -0.2) is 0 Å². The zero-order chi connectivity index (χ0) is 12.1. The van der Waals surface area contributed by atoms with Crippen molar-refractivity contribution in [3.63, 3.8) is 0 Å². The van der Waals surface area contributed by atoms with Crippen LogP contribution in [-0.4, -0.2) is 13.1 Å². The molecule has 1 aromatic rings. The Morgan fingerprint density at radius 3 is 2.35 bits per heavy atom. The topological polar surface area (TPSA) is 27.0 Å². The number of halogens is 1. The molecule has 90 valence electrons. The SMILES string of the molecule is N#Cc1cc(Br)ccc1N1CCCCCCC1. The molecule has 1 aromatic carbocycles. The van der Waals surface area contributed by atoms with E-state index in [-0.39, 0.29) is 0 Å². The molecular weight excluding hydrogens is 276 g/mol. The van der Waals surface area contributed by atoms with Crippen LogP contribution in [-0.2, 0) is 0 Å². The summed E-state index contributed by atoms with van der Waals surface area (Å²) in [6, 6.07) is 8.29. The molecule has 0 saturated carbocycles. The monoisotopic (exact) mass is 292 g/mol. The lowest BCUT2D eigenvalue weighted by Gasteiger charge is -2.27. The van der Waals surface area contributed by atoms with Crippen LogP contribution in [0.5, 0.6) is 0 Å². The van der Waals surface area contributed by atoms with Crippen molar-refractivity contribution in [3.05, 3.63) is 28.2 Å². The van der Waals surface area contributed by atoms with Crippen LogP contribution >= 0.6 is 15.9 Å². The van der Waals surface area contributed by atoms with E-state index in [2.05, 4.69) is 33.0 Å². The van der Waals surface area contributed by atoms with Crippen molar-refractivity contribution in [2.75, 3.05) is 18.0 Å². The Balaban J connectivity index is 2.22. The molecular formula is C14H17BrN2. The average Bonchev–Trinajstić information content (AvgIpc) is 2.29. The van der Waals surface area contributed by atoms with Crippen LogP contribution in [0.2, 0.25) is 0 Å². The lowest BCUT2D eigenvalue weighted by Crippen LogP contribution is -2.27. The lowest BCUT2D eigenvalue weighted by molar-refractivity contribution is 0.556. The standard InChI is InChI=1S/C14H17BrN2/c15-13-6-7-14(12(10-13)11-16)17-8-4-2-1-3-5-9-17/h6-7,10H,1-5,8-9H2. The maximum atomic E-state index is 9.20. The van der Waals surface area contributed by atoms with Crippen LogP contribution in [0.25, 0.3) is 0 Å². The van der Waals surface area contributed by atoms with Gasteiger partial charge in [-0.05, 0) is 31.0 Å². The van der Waals surface area contributed by atoms with Crippen molar-refractivity contribution in [1.82, 2.24) is 0 Å². The number of rotatable bonds is 1. The van der Waals surface area contributed by atoms with Crippen molar-refractivity contribution >= 4 is 21.6 Å². The van der Waals surface area contributed by atoms with Crippen LogP contribution in [0.3, 0.4) is 0 Å². The van der Waals surface area contributed by atoms with Gasteiger partial charge < -0.3 is 4.90 Å². The minimum absolute atomic E-state index is 0.778. The first kappa shape index (κ1) is 12.4. The smallest absolute Gasteiger partial charge is 0.101 e. The maximum absolute atomic E-state index is 9.20. The molecule has 0 unspecified atom stereocenters. The number of hydrogen-bond acceptors (Lipinski definition) is 2. The zero-order valence-corrected chi connectivity index (χ0v) is 11.5. The minimum atomic E-state index is 0.778. The largest absolute Gasteiger partial charge is 0.370 e. The third-order valence-electron chi connectivity index (χ3n) is 3.28. The Morgan fingerprint density at radius 1 is 1.06 bits per heavy atom. The van der Waals surface area contributed by atoms with Gasteiger partial charge in [-0.3, -0.25) is 0 Å². The molecule has 0 bridgehead atoms. The lowest BCUT2D eigenvalue weighted by atomic mass is 10.1. The fraction of sp³-hybridized carbons (Fsp3) is 0.500. The fourth-order valence-electron chi connectivity index (χ4n) is 2.36. The first-order valence-corrected chi connectivity index (χ1v) is 7.05. The summed E-state index contributed by atoms with van der Waals surface area (Å²) in [7, 11) is 0. The van der Waals surface area contributed by atoms with Crippen molar-refractivity contribution in [3.8, 4) is 6.07 Å². The summed E-state index contributed by atoms with van der Waals surface area (Å²) in [4.78, 5) is 2.37. The van der Waals surface area contributed by atoms with E-state index in [0.717, 1.165) is 28.8 Å². The molecule has 0 spiro atoms. The van der Waals surface area contributed by atoms with Crippen molar-refractivity contribution in [2.24, 2.45) is 0 Å². The van der Waals surface area contributed by atoms with E-state index in [0.29, 0.717) is 0 Å². The van der Waals surface area contributed by atoms with Crippen LogP contribution in [0.1, 0.15) is 37.7 Å². The molecule has 0 amide bonds. The molecule has 17 heavy (non-hydrogen) atoms. The fourth-order valence-corrected chi connectivity index (χ4v) is 2.72. The van der Waals surface area contributed by atoms with Gasteiger partial charge >= 0.3 is 0 Å². The van der Waals surface area contributed by atoms with Gasteiger partial charge in [-0.2, -0.15) is 5.26 Å². The summed E-state index contributed by atoms with van der Waals surface area (Å²) in [6.07, 6.45) is 6.46. The number of nitriles is 1. The predicted octanol–water partition coefficient (Wildman–Crippen LogP) is 4.09. The first-order valence-electron chi connectivity index (χ1n) is 6.26. The van der Waals surface area contributed by atoms with E-state index >= 15 is 0 Å². The van der Waals surface area contributed by atoms with Gasteiger partial charge in [0.2, 0.25) is 0 Å². The molecule has 0 radical (unpaired) electrons. The van der Waals surface area contributed by atoms with E-state index in [1.54, 1.807) is 0 Å². The normalized spacial score (nSPS) is 17.1. The van der Waals surface area contributed by atoms with Gasteiger partial charge in [0.05, 0.1) is 11.3 Å². The Bertz CT molecular complexity index is 415. The quantitative estimate of drug-likeness (QED) is 0.779. The molecule has 0 aromatic heterocycles. The summed E-state index contributed by atoms with van der Waals surface area (Å²) in [5.74, 6) is 0. The van der Waals surface area contributed by atoms with Crippen LogP contribution in [0.4, 0.5) is 5.69 Å². The van der Waals surface area contributed by atoms with Crippen molar-refractivity contribution in [2.45, 2.75) is 32.1 Å². The summed E-state index contributed by atoms with van der Waals surface area (Å²) < 4.78 is 0.977. The third kappa shape index (κ3) is 3.23. The maximum Gasteiger partial charge on any atom is 0.101 e. The first-order chi connectivity index (χ1) is 8.31. The molecule has 2 rings (SSSR count). The molecule has 1 heterocycles. The molecule has 3 heteroatoms. The van der Waals surface area contributed by atoms with Crippen LogP contribution < -0.4 is 4.90 Å². The second-order valence-electron chi connectivity index (χ2n) is 4.53. The van der Waals surface area contributed by atoms with Gasteiger partial charge in [0.15, 0.2) is 0 Å². The second kappa shape index (κ2) is 6.07. The number of benzene rings is 1. The summed E-state index contributed by atoms with van der Waals surface area (Å²) in [5.41, 5.74) is 1.87. The molecule has 1 fully saturated rings. The Kier molecular flexibility index (Phi) is 4.44. The highest BCUT2D eigenvalue weighted by atomic mass is 79.9. The predicted molar refractivity (Wildman–Crippen MR) is 74.2 cm³/mol. The highest BCUT2D eigenvalue weighted by molar-refractivity contribution is 9.10. The highest BCUT2D eigenvalue weighted by Gasteiger charge is 2.12. The average molecular weight is 293 g/mol. The van der Waals surface area contributed by atoms with Crippen molar-refractivity contribution in [1.29, 1.82) is 5.26 Å². The van der Waals surface area contributed by atoms with Gasteiger partial charge in [-0.15, -0.1) is 0 Å². The van der Waals surface area contributed by atoms with Crippen molar-refractivity contribution < 1.29 is 0 Å².